The molecule has 2 aliphatic rings. The van der Waals surface area contributed by atoms with Gasteiger partial charge in [0, 0.05) is 12.0 Å². The molecule has 5 rings (SSSR count). The van der Waals surface area contributed by atoms with Gasteiger partial charge in [-0.3, -0.25) is 9.69 Å². The number of ether oxygens (including phenoxy) is 1. The maximum atomic E-state index is 13.5. The van der Waals surface area contributed by atoms with Crippen LogP contribution in [0.2, 0.25) is 0 Å². The Hall–Kier alpha value is -4.58. The average molecular weight is 563 g/mol. The van der Waals surface area contributed by atoms with E-state index in [1.54, 1.807) is 4.90 Å². The van der Waals surface area contributed by atoms with E-state index in [1.165, 1.54) is 0 Å². The molecule has 0 unspecified atom stereocenters. The predicted octanol–water partition coefficient (Wildman–Crippen LogP) is 8.58. The van der Waals surface area contributed by atoms with E-state index in [-0.39, 0.29) is 18.4 Å². The van der Waals surface area contributed by atoms with Crippen molar-refractivity contribution in [2.75, 3.05) is 23.4 Å². The Morgan fingerprint density at radius 1 is 1.00 bits per heavy atom. The van der Waals surface area contributed by atoms with Crippen LogP contribution in [0.5, 0.6) is 5.75 Å². The van der Waals surface area contributed by atoms with E-state index in [2.05, 4.69) is 30.1 Å². The highest BCUT2D eigenvalue weighted by atomic mass is 16.5. The SMILES string of the molecule is C=C(C=CC(=CC)c1ccc2c(c1)OCCN2C(=O)Nc1ccccc1-c1ccccc1)C1CCC(CC(=O)O)CC1. The van der Waals surface area contributed by atoms with Crippen molar-refractivity contribution in [1.29, 1.82) is 0 Å². The third kappa shape index (κ3) is 6.82. The van der Waals surface area contributed by atoms with Crippen LogP contribution in [0.1, 0.15) is 44.6 Å². The van der Waals surface area contributed by atoms with Gasteiger partial charge in [0.05, 0.1) is 17.9 Å². The highest BCUT2D eigenvalue weighted by molar-refractivity contribution is 6.05. The number of hydrogen-bond donors (Lipinski definition) is 2. The molecule has 0 saturated heterocycles. The first-order valence-electron chi connectivity index (χ1n) is 14.7. The van der Waals surface area contributed by atoms with Crippen LogP contribution in [0.15, 0.2) is 103 Å². The Morgan fingerprint density at radius 3 is 2.48 bits per heavy atom. The lowest BCUT2D eigenvalue weighted by atomic mass is 9.77. The molecule has 2 N–H and O–H groups in total. The van der Waals surface area contributed by atoms with Gasteiger partial charge in [0.1, 0.15) is 12.4 Å². The second-order valence-corrected chi connectivity index (χ2v) is 11.0. The predicted molar refractivity (Wildman–Crippen MR) is 170 cm³/mol. The number of nitrogens with one attached hydrogen (secondary N) is 1. The number of hydrogen-bond acceptors (Lipinski definition) is 3. The van der Waals surface area contributed by atoms with Gasteiger partial charge in [0.25, 0.3) is 0 Å². The van der Waals surface area contributed by atoms with Crippen LogP contribution in [-0.4, -0.2) is 30.3 Å². The Bertz CT molecular complexity index is 1500. The molecule has 0 atom stereocenters. The minimum Gasteiger partial charge on any atom is -0.490 e. The highest BCUT2D eigenvalue weighted by Crippen LogP contribution is 2.37. The number of rotatable bonds is 8. The molecule has 216 valence electrons. The molecular weight excluding hydrogens is 524 g/mol. The smallest absolute Gasteiger partial charge is 0.326 e. The minimum absolute atomic E-state index is 0.198. The summed E-state index contributed by atoms with van der Waals surface area (Å²) in [5, 5.41) is 12.2. The zero-order chi connectivity index (χ0) is 29.5. The van der Waals surface area contributed by atoms with E-state index >= 15 is 0 Å². The Morgan fingerprint density at radius 2 is 1.74 bits per heavy atom. The molecule has 1 aliphatic carbocycles. The largest absolute Gasteiger partial charge is 0.490 e. The summed E-state index contributed by atoms with van der Waals surface area (Å²) in [4.78, 5) is 26.3. The standard InChI is InChI=1S/C36H38N2O4/c1-3-27(16-13-25(2)28-17-14-26(15-18-28)23-35(39)40)30-19-20-33-34(24-30)42-22-21-38(33)36(41)37-32-12-8-7-11-31(32)29-9-5-4-6-10-29/h3-13,16,19-20,24,26,28H,2,14-15,17-18,21-23H2,1H3,(H,37,41)(H,39,40). The van der Waals surface area contributed by atoms with Gasteiger partial charge in [-0.2, -0.15) is 0 Å². The molecule has 1 aliphatic heterocycles. The Labute approximate surface area is 248 Å². The van der Waals surface area contributed by atoms with Crippen LogP contribution >= 0.6 is 0 Å². The van der Waals surface area contributed by atoms with Crippen molar-refractivity contribution in [3.05, 3.63) is 109 Å². The fourth-order valence-electron chi connectivity index (χ4n) is 5.93. The van der Waals surface area contributed by atoms with Crippen LogP contribution < -0.4 is 15.0 Å². The van der Waals surface area contributed by atoms with Gasteiger partial charge in [-0.15, -0.1) is 0 Å². The first-order valence-corrected chi connectivity index (χ1v) is 14.7. The van der Waals surface area contributed by atoms with E-state index in [0.29, 0.717) is 24.8 Å². The van der Waals surface area contributed by atoms with E-state index in [0.717, 1.165) is 64.9 Å². The Balaban J connectivity index is 1.27. The van der Waals surface area contributed by atoms with Crippen molar-refractivity contribution in [2.24, 2.45) is 11.8 Å². The summed E-state index contributed by atoms with van der Waals surface area (Å²) in [6, 6.07) is 23.6. The molecule has 1 heterocycles. The van der Waals surface area contributed by atoms with E-state index < -0.39 is 5.97 Å². The van der Waals surface area contributed by atoms with Gasteiger partial charge in [0.2, 0.25) is 0 Å². The number of benzene rings is 3. The number of nitrogens with zero attached hydrogens (tertiary/aromatic N) is 1. The fourth-order valence-corrected chi connectivity index (χ4v) is 5.93. The van der Waals surface area contributed by atoms with E-state index in [9.17, 15) is 9.59 Å². The minimum atomic E-state index is -0.707. The van der Waals surface area contributed by atoms with Crippen molar-refractivity contribution in [3.63, 3.8) is 0 Å². The molecular formula is C36H38N2O4. The molecule has 1 saturated carbocycles. The maximum Gasteiger partial charge on any atom is 0.326 e. The summed E-state index contributed by atoms with van der Waals surface area (Å²) in [6.07, 6.45) is 10.3. The number of carbonyl (C=O) groups is 2. The summed E-state index contributed by atoms with van der Waals surface area (Å²) in [5.41, 5.74) is 6.63. The molecule has 3 aromatic rings. The number of amides is 2. The Kier molecular flexibility index (Phi) is 9.22. The maximum absolute atomic E-state index is 13.5. The lowest BCUT2D eigenvalue weighted by Gasteiger charge is -2.30. The number of fused-ring (bicyclic) bond motifs is 1. The number of carboxylic acid groups (broad SMARTS) is 1. The summed E-state index contributed by atoms with van der Waals surface area (Å²) >= 11 is 0. The van der Waals surface area contributed by atoms with Crippen molar-refractivity contribution >= 4 is 28.9 Å². The van der Waals surface area contributed by atoms with Gasteiger partial charge >= 0.3 is 12.0 Å². The van der Waals surface area contributed by atoms with Gasteiger partial charge in [-0.25, -0.2) is 4.79 Å². The first-order chi connectivity index (χ1) is 20.4. The van der Waals surface area contributed by atoms with Crippen LogP contribution in [0.25, 0.3) is 16.7 Å². The number of carbonyl (C=O) groups excluding carboxylic acids is 1. The molecule has 0 spiro atoms. The van der Waals surface area contributed by atoms with Gasteiger partial charge in [0.15, 0.2) is 0 Å². The second-order valence-electron chi connectivity index (χ2n) is 11.0. The monoisotopic (exact) mass is 562 g/mol. The highest BCUT2D eigenvalue weighted by Gasteiger charge is 2.26. The number of aliphatic carboxylic acids is 1. The van der Waals surface area contributed by atoms with Crippen LogP contribution in [0.3, 0.4) is 0 Å². The third-order valence-corrected chi connectivity index (χ3v) is 8.28. The second kappa shape index (κ2) is 13.4. The van der Waals surface area contributed by atoms with Crippen LogP contribution in [0, 0.1) is 11.8 Å². The van der Waals surface area contributed by atoms with Gasteiger partial charge in [-0.05, 0) is 79.3 Å². The average Bonchev–Trinajstić information content (AvgIpc) is 3.01. The van der Waals surface area contributed by atoms with E-state index in [1.807, 2.05) is 79.7 Å². The number of carboxylic acids is 1. The topological polar surface area (TPSA) is 78.9 Å². The van der Waals surface area contributed by atoms with Gasteiger partial charge in [-0.1, -0.05) is 85.0 Å². The van der Waals surface area contributed by atoms with Crippen molar-refractivity contribution < 1.29 is 19.4 Å². The number of para-hydroxylation sites is 1. The van der Waals surface area contributed by atoms with Crippen molar-refractivity contribution in [1.82, 2.24) is 0 Å². The summed E-state index contributed by atoms with van der Waals surface area (Å²) in [7, 11) is 0. The zero-order valence-electron chi connectivity index (χ0n) is 24.1. The molecule has 1 fully saturated rings. The van der Waals surface area contributed by atoms with Crippen molar-refractivity contribution in [3.8, 4) is 16.9 Å². The van der Waals surface area contributed by atoms with Crippen LogP contribution in [-0.2, 0) is 4.79 Å². The molecule has 6 nitrogen and oxygen atoms in total. The molecule has 6 heteroatoms. The van der Waals surface area contributed by atoms with E-state index in [4.69, 9.17) is 9.84 Å². The quantitative estimate of drug-likeness (QED) is 0.270. The molecule has 2 amide bonds. The lowest BCUT2D eigenvalue weighted by molar-refractivity contribution is -0.138. The zero-order valence-corrected chi connectivity index (χ0v) is 24.1. The summed E-state index contributed by atoms with van der Waals surface area (Å²) in [5.74, 6) is 0.627. The van der Waals surface area contributed by atoms with Gasteiger partial charge < -0.3 is 15.2 Å². The fraction of sp³-hybridized carbons (Fsp3) is 0.278. The molecule has 0 radical (unpaired) electrons. The first kappa shape index (κ1) is 28.9. The summed E-state index contributed by atoms with van der Waals surface area (Å²) < 4.78 is 6.01. The molecule has 0 aromatic heterocycles. The van der Waals surface area contributed by atoms with Crippen LogP contribution in [0.4, 0.5) is 16.2 Å². The van der Waals surface area contributed by atoms with Crippen molar-refractivity contribution in [2.45, 2.75) is 39.0 Å². The molecule has 0 bridgehead atoms. The number of urea groups is 1. The summed E-state index contributed by atoms with van der Waals surface area (Å²) in [6.45, 7) is 7.19. The number of allylic oxidation sites excluding steroid dienone is 5. The molecule has 3 aromatic carbocycles. The lowest BCUT2D eigenvalue weighted by Crippen LogP contribution is -2.40. The third-order valence-electron chi connectivity index (χ3n) is 8.28. The molecule has 42 heavy (non-hydrogen) atoms. The normalized spacial score (nSPS) is 18.7. The number of anilines is 2.